The van der Waals surface area contributed by atoms with Crippen LogP contribution in [0.4, 0.5) is 0 Å². The van der Waals surface area contributed by atoms with Gasteiger partial charge in [-0.25, -0.2) is 4.68 Å². The summed E-state index contributed by atoms with van der Waals surface area (Å²) in [5, 5.41) is 0.700. The van der Waals surface area contributed by atoms with Crippen molar-refractivity contribution < 1.29 is 4.74 Å². The topological polar surface area (TPSA) is 41.1 Å². The van der Waals surface area contributed by atoms with Gasteiger partial charge in [0.15, 0.2) is 0 Å². The lowest BCUT2D eigenvalue weighted by Gasteiger charge is -2.12. The van der Waals surface area contributed by atoms with Crippen LogP contribution in [0.3, 0.4) is 0 Å². The third-order valence-corrected chi connectivity index (χ3v) is 5.51. The second-order valence-corrected chi connectivity index (χ2v) is 7.38. The predicted molar refractivity (Wildman–Crippen MR) is 124 cm³/mol. The Bertz CT molecular complexity index is 1390. The fraction of sp³-hybridized carbons (Fsp3) is 0.115. The third-order valence-electron chi connectivity index (χ3n) is 5.51. The van der Waals surface area contributed by atoms with Gasteiger partial charge in [-0.15, -0.1) is 0 Å². The highest BCUT2D eigenvalue weighted by molar-refractivity contribution is 5.95. The molecule has 0 radical (unpaired) electrons. The van der Waals surface area contributed by atoms with E-state index in [4.69, 9.17) is 4.74 Å². The molecule has 154 valence electrons. The van der Waals surface area contributed by atoms with Gasteiger partial charge in [0.1, 0.15) is 5.75 Å². The van der Waals surface area contributed by atoms with Crippen LogP contribution in [0, 0.1) is 0 Å². The van der Waals surface area contributed by atoms with Crippen LogP contribution in [0.2, 0.25) is 0 Å². The van der Waals surface area contributed by atoms with Gasteiger partial charge < -0.3 is 9.30 Å². The summed E-state index contributed by atoms with van der Waals surface area (Å²) in [5.41, 5.74) is 4.54. The van der Waals surface area contributed by atoms with Crippen molar-refractivity contribution in [2.24, 2.45) is 7.05 Å². The van der Waals surface area contributed by atoms with Crippen LogP contribution < -0.4 is 10.3 Å². The van der Waals surface area contributed by atoms with Gasteiger partial charge in [-0.1, -0.05) is 48.5 Å². The van der Waals surface area contributed by atoms with Gasteiger partial charge in [-0.2, -0.15) is 0 Å². The Balaban J connectivity index is 1.79. The van der Waals surface area contributed by atoms with Crippen LogP contribution in [0.1, 0.15) is 6.92 Å². The molecule has 0 amide bonds. The van der Waals surface area contributed by atoms with E-state index in [2.05, 4.69) is 4.57 Å². The van der Waals surface area contributed by atoms with Crippen LogP contribution in [0.5, 0.6) is 5.75 Å². The molecule has 31 heavy (non-hydrogen) atoms. The molecule has 5 nitrogen and oxygen atoms in total. The number of hydrogen-bond donors (Lipinski definition) is 0. The first-order valence-corrected chi connectivity index (χ1v) is 10.4. The van der Waals surface area contributed by atoms with Crippen molar-refractivity contribution in [1.82, 2.24) is 13.9 Å². The number of para-hydroxylation sites is 1. The number of rotatable bonds is 5. The molecule has 2 aromatic heterocycles. The van der Waals surface area contributed by atoms with Crippen molar-refractivity contribution >= 4 is 10.9 Å². The summed E-state index contributed by atoms with van der Waals surface area (Å²) >= 11 is 0. The summed E-state index contributed by atoms with van der Waals surface area (Å²) in [5.74, 6) is 0.829. The highest BCUT2D eigenvalue weighted by atomic mass is 16.5. The number of ether oxygens (including phenoxy) is 1. The van der Waals surface area contributed by atoms with Crippen LogP contribution >= 0.6 is 0 Å². The molecule has 0 spiro atoms. The molecule has 0 saturated heterocycles. The molecule has 0 aliphatic carbocycles. The minimum atomic E-state index is -0.0350. The third kappa shape index (κ3) is 3.15. The fourth-order valence-electron chi connectivity index (χ4n) is 4.11. The van der Waals surface area contributed by atoms with Crippen molar-refractivity contribution in [3.63, 3.8) is 0 Å². The van der Waals surface area contributed by atoms with E-state index < -0.39 is 0 Å². The van der Waals surface area contributed by atoms with E-state index in [0.717, 1.165) is 33.9 Å². The minimum Gasteiger partial charge on any atom is -0.494 e. The minimum absolute atomic E-state index is 0.0350. The standard InChI is InChI=1S/C26H23N3O2/c1-3-31-22-16-14-20(15-17-22)28-18-23-24(25(28)19-10-6-4-7-11-19)26(30)29(27(23)2)21-12-8-5-9-13-21/h4-18H,3H2,1-2H3. The normalized spacial score (nSPS) is 11.2. The molecule has 5 rings (SSSR count). The van der Waals surface area contributed by atoms with Gasteiger partial charge in [-0.05, 0) is 48.9 Å². The number of aryl methyl sites for hydroxylation is 1. The average molecular weight is 409 g/mol. The molecule has 3 aromatic carbocycles. The van der Waals surface area contributed by atoms with E-state index in [1.807, 2.05) is 110 Å². The first-order chi connectivity index (χ1) is 15.2. The zero-order chi connectivity index (χ0) is 21.4. The Kier molecular flexibility index (Phi) is 4.71. The fourth-order valence-corrected chi connectivity index (χ4v) is 4.11. The molecule has 0 unspecified atom stereocenters. The van der Waals surface area contributed by atoms with E-state index in [0.29, 0.717) is 12.0 Å². The zero-order valence-corrected chi connectivity index (χ0v) is 17.5. The Morgan fingerprint density at radius 1 is 0.806 bits per heavy atom. The van der Waals surface area contributed by atoms with E-state index in [-0.39, 0.29) is 5.56 Å². The number of fused-ring (bicyclic) bond motifs is 1. The first kappa shape index (κ1) is 19.0. The van der Waals surface area contributed by atoms with Gasteiger partial charge in [0.2, 0.25) is 0 Å². The van der Waals surface area contributed by atoms with Crippen LogP contribution in [0.15, 0.2) is 95.9 Å². The van der Waals surface area contributed by atoms with Crippen molar-refractivity contribution in [2.75, 3.05) is 6.61 Å². The summed E-state index contributed by atoms with van der Waals surface area (Å²) in [6, 6.07) is 27.7. The molecule has 0 fully saturated rings. The van der Waals surface area contributed by atoms with Crippen LogP contribution in [-0.4, -0.2) is 20.5 Å². The first-order valence-electron chi connectivity index (χ1n) is 10.4. The molecular formula is C26H23N3O2. The molecule has 0 bridgehead atoms. The Labute approximate surface area is 180 Å². The van der Waals surface area contributed by atoms with Gasteiger partial charge in [0, 0.05) is 18.9 Å². The smallest absolute Gasteiger partial charge is 0.281 e. The van der Waals surface area contributed by atoms with E-state index >= 15 is 0 Å². The Morgan fingerprint density at radius 2 is 1.45 bits per heavy atom. The van der Waals surface area contributed by atoms with Crippen molar-refractivity contribution in [3.05, 3.63) is 101 Å². The van der Waals surface area contributed by atoms with E-state index in [1.54, 1.807) is 4.68 Å². The molecule has 5 aromatic rings. The van der Waals surface area contributed by atoms with Crippen LogP contribution in [0.25, 0.3) is 33.5 Å². The summed E-state index contributed by atoms with van der Waals surface area (Å²) < 4.78 is 11.3. The summed E-state index contributed by atoms with van der Waals surface area (Å²) in [4.78, 5) is 13.6. The second kappa shape index (κ2) is 7.69. The monoisotopic (exact) mass is 409 g/mol. The second-order valence-electron chi connectivity index (χ2n) is 7.38. The highest BCUT2D eigenvalue weighted by Crippen LogP contribution is 2.32. The lowest BCUT2D eigenvalue weighted by atomic mass is 10.1. The summed E-state index contributed by atoms with van der Waals surface area (Å²) in [6.07, 6.45) is 2.04. The molecule has 5 heteroatoms. The molecular weight excluding hydrogens is 386 g/mol. The lowest BCUT2D eigenvalue weighted by molar-refractivity contribution is 0.340. The maximum absolute atomic E-state index is 13.6. The molecule has 0 aliphatic rings. The molecule has 0 atom stereocenters. The van der Waals surface area contributed by atoms with Crippen LogP contribution in [-0.2, 0) is 7.05 Å². The molecule has 0 aliphatic heterocycles. The van der Waals surface area contributed by atoms with Gasteiger partial charge in [0.05, 0.1) is 28.9 Å². The van der Waals surface area contributed by atoms with E-state index in [1.165, 1.54) is 0 Å². The number of aromatic nitrogens is 3. The lowest BCUT2D eigenvalue weighted by Crippen LogP contribution is -2.20. The highest BCUT2D eigenvalue weighted by Gasteiger charge is 2.22. The van der Waals surface area contributed by atoms with Crippen molar-refractivity contribution in [1.29, 1.82) is 0 Å². The predicted octanol–water partition coefficient (Wildman–Crippen LogP) is 5.19. The number of nitrogens with zero attached hydrogens (tertiary/aromatic N) is 3. The Morgan fingerprint density at radius 3 is 2.10 bits per heavy atom. The van der Waals surface area contributed by atoms with Gasteiger partial charge in [0.25, 0.3) is 5.56 Å². The quantitative estimate of drug-likeness (QED) is 0.401. The average Bonchev–Trinajstić information content (AvgIpc) is 3.32. The maximum atomic E-state index is 13.6. The molecule has 2 heterocycles. The largest absolute Gasteiger partial charge is 0.494 e. The number of benzene rings is 3. The zero-order valence-electron chi connectivity index (χ0n) is 17.5. The van der Waals surface area contributed by atoms with E-state index in [9.17, 15) is 4.79 Å². The Hall–Kier alpha value is -3.99. The SMILES string of the molecule is CCOc1ccc(-n2cc3c(c2-c2ccccc2)c(=O)n(-c2ccccc2)n3C)cc1. The van der Waals surface area contributed by atoms with Gasteiger partial charge >= 0.3 is 0 Å². The molecule has 0 N–H and O–H groups in total. The van der Waals surface area contributed by atoms with Crippen molar-refractivity contribution in [2.45, 2.75) is 6.92 Å². The maximum Gasteiger partial charge on any atom is 0.281 e. The summed E-state index contributed by atoms with van der Waals surface area (Å²) in [7, 11) is 1.92. The summed E-state index contributed by atoms with van der Waals surface area (Å²) in [6.45, 7) is 2.60. The number of hydrogen-bond acceptors (Lipinski definition) is 2. The van der Waals surface area contributed by atoms with Crippen molar-refractivity contribution in [3.8, 4) is 28.4 Å². The molecule has 0 saturated carbocycles. The van der Waals surface area contributed by atoms with Gasteiger partial charge in [-0.3, -0.25) is 9.48 Å².